The van der Waals surface area contributed by atoms with Gasteiger partial charge in [0.2, 0.25) is 0 Å². The van der Waals surface area contributed by atoms with Gasteiger partial charge in [0.25, 0.3) is 0 Å². The number of ether oxygens (including phenoxy) is 2. The van der Waals surface area contributed by atoms with Crippen LogP contribution in [0.25, 0.3) is 0 Å². The van der Waals surface area contributed by atoms with Crippen LogP contribution in [0.4, 0.5) is 0 Å². The lowest BCUT2D eigenvalue weighted by Crippen LogP contribution is -1.98. The molecule has 0 bridgehead atoms. The zero-order chi connectivity index (χ0) is 9.80. The zero-order valence-corrected chi connectivity index (χ0v) is 7.77. The summed E-state index contributed by atoms with van der Waals surface area (Å²) in [5.74, 6) is 0. The number of rotatable bonds is 2. The zero-order valence-electron chi connectivity index (χ0n) is 7.77. The molecule has 1 saturated heterocycles. The van der Waals surface area contributed by atoms with Crippen LogP contribution in [-0.4, -0.2) is 13.2 Å². The molecule has 0 atom stereocenters. The Morgan fingerprint density at radius 1 is 1.36 bits per heavy atom. The van der Waals surface area contributed by atoms with Crippen LogP contribution in [0.3, 0.4) is 0 Å². The van der Waals surface area contributed by atoms with Gasteiger partial charge in [0.1, 0.15) is 0 Å². The topological polar surface area (TPSA) is 42.2 Å². The van der Waals surface area contributed by atoms with Gasteiger partial charge in [-0.3, -0.25) is 0 Å². The van der Waals surface area contributed by atoms with Gasteiger partial charge in [-0.25, -0.2) is 0 Å². The van der Waals surface area contributed by atoms with Crippen LogP contribution >= 0.6 is 0 Å². The fourth-order valence-corrected chi connectivity index (χ4v) is 1.49. The number of benzene rings is 1. The third kappa shape index (κ3) is 1.92. The molecule has 3 heteroatoms. The van der Waals surface area contributed by atoms with Gasteiger partial charge < -0.3 is 9.47 Å². The van der Waals surface area contributed by atoms with Crippen molar-refractivity contribution in [2.75, 3.05) is 13.2 Å². The van der Waals surface area contributed by atoms with Gasteiger partial charge in [-0.1, -0.05) is 18.2 Å². The Labute approximate surface area is 82.9 Å². The third-order valence-corrected chi connectivity index (χ3v) is 2.13. The van der Waals surface area contributed by atoms with Gasteiger partial charge in [-0.2, -0.15) is 5.26 Å². The van der Waals surface area contributed by atoms with Gasteiger partial charge in [0.15, 0.2) is 6.29 Å². The molecule has 0 N–H and O–H groups in total. The Morgan fingerprint density at radius 3 is 2.86 bits per heavy atom. The Kier molecular flexibility index (Phi) is 2.78. The molecule has 0 spiro atoms. The second kappa shape index (κ2) is 4.23. The first-order chi connectivity index (χ1) is 6.90. The fraction of sp³-hybridized carbons (Fsp3) is 0.364. The number of nitriles is 1. The van der Waals surface area contributed by atoms with E-state index >= 15 is 0 Å². The molecule has 0 saturated carbocycles. The van der Waals surface area contributed by atoms with E-state index in [1.54, 1.807) is 0 Å². The van der Waals surface area contributed by atoms with Crippen LogP contribution in [0.1, 0.15) is 17.4 Å². The van der Waals surface area contributed by atoms with E-state index in [0.717, 1.165) is 11.1 Å². The summed E-state index contributed by atoms with van der Waals surface area (Å²) in [6, 6.07) is 9.89. The fourth-order valence-electron chi connectivity index (χ4n) is 1.49. The van der Waals surface area contributed by atoms with Crippen molar-refractivity contribution in [3.05, 3.63) is 35.4 Å². The number of nitrogens with zero attached hydrogens (tertiary/aromatic N) is 1. The second-order valence-electron chi connectivity index (χ2n) is 3.15. The van der Waals surface area contributed by atoms with Gasteiger partial charge in [0, 0.05) is 5.56 Å². The summed E-state index contributed by atoms with van der Waals surface area (Å²) in [6.07, 6.45) is 0.189. The Bertz CT molecular complexity index is 351. The first kappa shape index (κ1) is 9.20. The summed E-state index contributed by atoms with van der Waals surface area (Å²) in [6.45, 7) is 1.29. The maximum absolute atomic E-state index is 8.56. The maximum Gasteiger partial charge on any atom is 0.184 e. The molecule has 14 heavy (non-hydrogen) atoms. The highest BCUT2D eigenvalue weighted by Crippen LogP contribution is 2.23. The lowest BCUT2D eigenvalue weighted by Gasteiger charge is -2.09. The van der Waals surface area contributed by atoms with Crippen molar-refractivity contribution < 1.29 is 9.47 Å². The van der Waals surface area contributed by atoms with E-state index in [2.05, 4.69) is 6.07 Å². The molecule has 0 aromatic heterocycles. The van der Waals surface area contributed by atoms with Crippen LogP contribution in [0.15, 0.2) is 24.3 Å². The van der Waals surface area contributed by atoms with Crippen molar-refractivity contribution in [1.82, 2.24) is 0 Å². The first-order valence-electron chi connectivity index (χ1n) is 4.59. The number of hydrogen-bond donors (Lipinski definition) is 0. The van der Waals surface area contributed by atoms with E-state index in [-0.39, 0.29) is 6.29 Å². The van der Waals surface area contributed by atoms with Crippen LogP contribution in [-0.2, 0) is 15.9 Å². The van der Waals surface area contributed by atoms with Gasteiger partial charge >= 0.3 is 0 Å². The van der Waals surface area contributed by atoms with Crippen molar-refractivity contribution in [2.24, 2.45) is 0 Å². The molecule has 0 radical (unpaired) electrons. The highest BCUT2D eigenvalue weighted by atomic mass is 16.7. The van der Waals surface area contributed by atoms with Crippen molar-refractivity contribution in [3.8, 4) is 6.07 Å². The molecule has 3 nitrogen and oxygen atoms in total. The van der Waals surface area contributed by atoms with Crippen LogP contribution in [0.5, 0.6) is 0 Å². The monoisotopic (exact) mass is 189 g/mol. The SMILES string of the molecule is N#CCc1cccc(C2OCCO2)c1. The molecule has 72 valence electrons. The van der Waals surface area contributed by atoms with E-state index in [1.165, 1.54) is 0 Å². The maximum atomic E-state index is 8.56. The predicted molar refractivity (Wildman–Crippen MR) is 50.4 cm³/mol. The normalized spacial score (nSPS) is 16.8. The molecule has 1 aromatic carbocycles. The predicted octanol–water partition coefficient (Wildman–Crippen LogP) is 1.80. The third-order valence-electron chi connectivity index (χ3n) is 2.13. The van der Waals surface area contributed by atoms with Crippen LogP contribution in [0.2, 0.25) is 0 Å². The van der Waals surface area contributed by atoms with E-state index in [4.69, 9.17) is 14.7 Å². The summed E-state index contributed by atoms with van der Waals surface area (Å²) in [4.78, 5) is 0. The average Bonchev–Trinajstić information content (AvgIpc) is 2.71. The minimum atomic E-state index is -0.242. The second-order valence-corrected chi connectivity index (χ2v) is 3.15. The smallest absolute Gasteiger partial charge is 0.184 e. The molecule has 1 aliphatic heterocycles. The quantitative estimate of drug-likeness (QED) is 0.712. The lowest BCUT2D eigenvalue weighted by molar-refractivity contribution is -0.0441. The van der Waals surface area contributed by atoms with E-state index in [9.17, 15) is 0 Å². The van der Waals surface area contributed by atoms with E-state index in [1.807, 2.05) is 24.3 Å². The Balaban J connectivity index is 2.17. The van der Waals surface area contributed by atoms with Crippen molar-refractivity contribution in [1.29, 1.82) is 5.26 Å². The van der Waals surface area contributed by atoms with E-state index in [0.29, 0.717) is 19.6 Å². The molecule has 1 heterocycles. The highest BCUT2D eigenvalue weighted by molar-refractivity contribution is 5.26. The molecular weight excluding hydrogens is 178 g/mol. The molecular formula is C11H11NO2. The summed E-state index contributed by atoms with van der Waals surface area (Å²) in [5.41, 5.74) is 2.00. The van der Waals surface area contributed by atoms with E-state index < -0.39 is 0 Å². The summed E-state index contributed by atoms with van der Waals surface area (Å²) in [5, 5.41) is 8.56. The Morgan fingerprint density at radius 2 is 2.14 bits per heavy atom. The van der Waals surface area contributed by atoms with Gasteiger partial charge in [-0.05, 0) is 11.6 Å². The number of hydrogen-bond acceptors (Lipinski definition) is 3. The van der Waals surface area contributed by atoms with Crippen molar-refractivity contribution >= 4 is 0 Å². The molecule has 1 aromatic rings. The summed E-state index contributed by atoms with van der Waals surface area (Å²) < 4.78 is 10.7. The molecule has 2 rings (SSSR count). The average molecular weight is 189 g/mol. The van der Waals surface area contributed by atoms with Crippen molar-refractivity contribution in [2.45, 2.75) is 12.7 Å². The first-order valence-corrected chi connectivity index (χ1v) is 4.59. The molecule has 0 unspecified atom stereocenters. The Hall–Kier alpha value is -1.37. The molecule has 1 aliphatic rings. The van der Waals surface area contributed by atoms with Gasteiger partial charge in [-0.15, -0.1) is 0 Å². The van der Waals surface area contributed by atoms with Crippen LogP contribution in [0, 0.1) is 11.3 Å². The molecule has 0 amide bonds. The summed E-state index contributed by atoms with van der Waals surface area (Å²) >= 11 is 0. The van der Waals surface area contributed by atoms with Gasteiger partial charge in [0.05, 0.1) is 25.7 Å². The lowest BCUT2D eigenvalue weighted by atomic mass is 10.1. The largest absolute Gasteiger partial charge is 0.346 e. The minimum Gasteiger partial charge on any atom is -0.346 e. The molecule has 1 fully saturated rings. The minimum absolute atomic E-state index is 0.242. The van der Waals surface area contributed by atoms with Crippen molar-refractivity contribution in [3.63, 3.8) is 0 Å². The van der Waals surface area contributed by atoms with Crippen LogP contribution < -0.4 is 0 Å². The summed E-state index contributed by atoms with van der Waals surface area (Å²) in [7, 11) is 0. The standard InChI is InChI=1S/C11H11NO2/c12-5-4-9-2-1-3-10(8-9)11-13-6-7-14-11/h1-3,8,11H,4,6-7H2. The highest BCUT2D eigenvalue weighted by Gasteiger charge is 2.17. The molecule has 0 aliphatic carbocycles.